The second-order valence-electron chi connectivity index (χ2n) is 5.36. The lowest BCUT2D eigenvalue weighted by Gasteiger charge is -2.37. The van der Waals surface area contributed by atoms with Crippen LogP contribution in [0.1, 0.15) is 32.1 Å². The van der Waals surface area contributed by atoms with Gasteiger partial charge in [0, 0.05) is 18.7 Å². The molecule has 2 aliphatic carbocycles. The van der Waals surface area contributed by atoms with E-state index in [4.69, 9.17) is 9.84 Å². The third-order valence-corrected chi connectivity index (χ3v) is 4.24. The molecule has 0 aromatic carbocycles. The highest BCUT2D eigenvalue weighted by Crippen LogP contribution is 2.39. The number of rotatable bonds is 4. The molecule has 0 aromatic heterocycles. The number of nitrogens with one attached hydrogen (secondary N) is 1. The number of carboxylic acids is 1. The normalized spacial score (nSPS) is 43.0. The van der Waals surface area contributed by atoms with Crippen LogP contribution in [-0.4, -0.2) is 35.9 Å². The summed E-state index contributed by atoms with van der Waals surface area (Å²) in [4.78, 5) is 10.9. The molecular weight excluding hydrogens is 206 g/mol. The van der Waals surface area contributed by atoms with Gasteiger partial charge in [-0.05, 0) is 38.0 Å². The Hall–Kier alpha value is -0.610. The predicted molar refractivity (Wildman–Crippen MR) is 58.2 cm³/mol. The van der Waals surface area contributed by atoms with Gasteiger partial charge in [-0.3, -0.25) is 4.79 Å². The van der Waals surface area contributed by atoms with Crippen molar-refractivity contribution in [3.8, 4) is 0 Å². The van der Waals surface area contributed by atoms with Crippen LogP contribution in [0.3, 0.4) is 0 Å². The zero-order valence-corrected chi connectivity index (χ0v) is 9.39. The van der Waals surface area contributed by atoms with Gasteiger partial charge >= 0.3 is 5.97 Å². The zero-order valence-electron chi connectivity index (χ0n) is 9.39. The summed E-state index contributed by atoms with van der Waals surface area (Å²) in [6.07, 6.45) is 5.81. The van der Waals surface area contributed by atoms with E-state index in [1.54, 1.807) is 0 Å². The van der Waals surface area contributed by atoms with Crippen LogP contribution in [-0.2, 0) is 9.53 Å². The predicted octanol–water partition coefficient (Wildman–Crippen LogP) is 1.01. The third kappa shape index (κ3) is 1.84. The van der Waals surface area contributed by atoms with Gasteiger partial charge in [0.15, 0.2) is 0 Å². The van der Waals surface area contributed by atoms with E-state index in [2.05, 4.69) is 5.32 Å². The van der Waals surface area contributed by atoms with E-state index >= 15 is 0 Å². The van der Waals surface area contributed by atoms with Crippen LogP contribution in [0, 0.1) is 11.8 Å². The monoisotopic (exact) mass is 225 g/mol. The maximum atomic E-state index is 10.9. The molecule has 3 rings (SSSR count). The Balaban J connectivity index is 1.55. The van der Waals surface area contributed by atoms with Crippen molar-refractivity contribution in [3.05, 3.63) is 0 Å². The van der Waals surface area contributed by atoms with Gasteiger partial charge in [0.2, 0.25) is 0 Å². The molecule has 2 N–H and O–H groups in total. The summed E-state index contributed by atoms with van der Waals surface area (Å²) in [5.74, 6) is -0.0746. The second kappa shape index (κ2) is 4.00. The van der Waals surface area contributed by atoms with Crippen LogP contribution in [0.15, 0.2) is 0 Å². The quantitative estimate of drug-likeness (QED) is 0.749. The summed E-state index contributed by atoms with van der Waals surface area (Å²) < 4.78 is 5.74. The van der Waals surface area contributed by atoms with Gasteiger partial charge in [-0.2, -0.15) is 0 Å². The Kier molecular flexibility index (Phi) is 2.64. The number of carboxylic acid groups (broad SMARTS) is 1. The van der Waals surface area contributed by atoms with Crippen molar-refractivity contribution in [2.45, 2.75) is 50.3 Å². The summed E-state index contributed by atoms with van der Waals surface area (Å²) in [6.45, 7) is 0.837. The Morgan fingerprint density at radius 2 is 1.94 bits per heavy atom. The highest BCUT2D eigenvalue weighted by Gasteiger charge is 2.44. The van der Waals surface area contributed by atoms with Gasteiger partial charge in [-0.25, -0.2) is 0 Å². The molecule has 4 heteroatoms. The lowest BCUT2D eigenvalue weighted by molar-refractivity contribution is -0.146. The van der Waals surface area contributed by atoms with E-state index < -0.39 is 5.97 Å². The maximum absolute atomic E-state index is 10.9. The molecule has 2 saturated carbocycles. The van der Waals surface area contributed by atoms with Gasteiger partial charge in [-0.15, -0.1) is 0 Å². The molecule has 1 aliphatic heterocycles. The van der Waals surface area contributed by atoms with E-state index in [0.717, 1.165) is 31.8 Å². The molecule has 4 nitrogen and oxygen atoms in total. The van der Waals surface area contributed by atoms with Gasteiger partial charge in [0.1, 0.15) is 0 Å². The Morgan fingerprint density at radius 1 is 1.12 bits per heavy atom. The molecule has 16 heavy (non-hydrogen) atoms. The van der Waals surface area contributed by atoms with Crippen molar-refractivity contribution in [2.75, 3.05) is 6.61 Å². The van der Waals surface area contributed by atoms with Gasteiger partial charge in [0.25, 0.3) is 0 Å². The summed E-state index contributed by atoms with van der Waals surface area (Å²) in [7, 11) is 0. The number of ether oxygens (including phenoxy) is 1. The molecule has 0 aromatic rings. The van der Waals surface area contributed by atoms with Crippen LogP contribution in [0.2, 0.25) is 0 Å². The first-order valence-electron chi connectivity index (χ1n) is 6.36. The minimum Gasteiger partial charge on any atom is -0.481 e. The largest absolute Gasteiger partial charge is 0.481 e. The smallest absolute Gasteiger partial charge is 0.308 e. The molecule has 0 amide bonds. The number of hydrogen-bond donors (Lipinski definition) is 2. The van der Waals surface area contributed by atoms with Crippen molar-refractivity contribution in [1.82, 2.24) is 5.32 Å². The van der Waals surface area contributed by atoms with E-state index in [1.165, 1.54) is 12.8 Å². The van der Waals surface area contributed by atoms with Gasteiger partial charge in [-0.1, -0.05) is 0 Å². The SMILES string of the molecule is O=C(O)C1CCC1NC1CCOC1C1CC1. The molecule has 4 unspecified atom stereocenters. The summed E-state index contributed by atoms with van der Waals surface area (Å²) in [6, 6.07) is 0.588. The second-order valence-corrected chi connectivity index (χ2v) is 5.36. The first-order valence-corrected chi connectivity index (χ1v) is 6.36. The zero-order chi connectivity index (χ0) is 11.1. The Labute approximate surface area is 95.4 Å². The number of hydrogen-bond acceptors (Lipinski definition) is 3. The van der Waals surface area contributed by atoms with Crippen LogP contribution < -0.4 is 5.32 Å². The topological polar surface area (TPSA) is 58.6 Å². The maximum Gasteiger partial charge on any atom is 0.308 e. The number of carbonyl (C=O) groups is 1. The van der Waals surface area contributed by atoms with E-state index in [0.29, 0.717) is 12.1 Å². The van der Waals surface area contributed by atoms with Crippen LogP contribution >= 0.6 is 0 Å². The molecule has 90 valence electrons. The van der Waals surface area contributed by atoms with Gasteiger partial charge in [0.05, 0.1) is 12.0 Å². The van der Waals surface area contributed by atoms with Crippen molar-refractivity contribution >= 4 is 5.97 Å². The highest BCUT2D eigenvalue weighted by atomic mass is 16.5. The third-order valence-electron chi connectivity index (χ3n) is 4.24. The minimum absolute atomic E-state index is 0.166. The average molecular weight is 225 g/mol. The van der Waals surface area contributed by atoms with E-state index in [9.17, 15) is 4.79 Å². The molecule has 0 bridgehead atoms. The van der Waals surface area contributed by atoms with Crippen LogP contribution in [0.4, 0.5) is 0 Å². The van der Waals surface area contributed by atoms with Crippen molar-refractivity contribution in [3.63, 3.8) is 0 Å². The molecule has 3 aliphatic rings. The van der Waals surface area contributed by atoms with E-state index in [1.807, 2.05) is 0 Å². The first-order chi connectivity index (χ1) is 7.75. The fourth-order valence-corrected chi connectivity index (χ4v) is 2.95. The van der Waals surface area contributed by atoms with Crippen molar-refractivity contribution < 1.29 is 14.6 Å². The van der Waals surface area contributed by atoms with E-state index in [-0.39, 0.29) is 12.0 Å². The molecule has 1 saturated heterocycles. The molecule has 4 atom stereocenters. The summed E-state index contributed by atoms with van der Waals surface area (Å²) in [5, 5.41) is 12.5. The standard InChI is InChI=1S/C12H19NO3/c14-12(15)8-3-4-9(8)13-10-5-6-16-11(10)7-1-2-7/h7-11,13H,1-6H2,(H,14,15). The molecule has 0 radical (unpaired) electrons. The molecule has 0 spiro atoms. The molecule has 1 heterocycles. The summed E-state index contributed by atoms with van der Waals surface area (Å²) >= 11 is 0. The number of aliphatic carboxylic acids is 1. The Bertz CT molecular complexity index is 290. The first kappa shape index (κ1) is 10.5. The van der Waals surface area contributed by atoms with Crippen LogP contribution in [0.5, 0.6) is 0 Å². The Morgan fingerprint density at radius 3 is 2.50 bits per heavy atom. The summed E-state index contributed by atoms with van der Waals surface area (Å²) in [5.41, 5.74) is 0. The van der Waals surface area contributed by atoms with Gasteiger partial charge < -0.3 is 15.2 Å². The minimum atomic E-state index is -0.648. The van der Waals surface area contributed by atoms with Crippen LogP contribution in [0.25, 0.3) is 0 Å². The lowest BCUT2D eigenvalue weighted by atomic mass is 9.79. The molecule has 3 fully saturated rings. The fourth-order valence-electron chi connectivity index (χ4n) is 2.95. The lowest BCUT2D eigenvalue weighted by Crippen LogP contribution is -2.53. The highest BCUT2D eigenvalue weighted by molar-refractivity contribution is 5.72. The fraction of sp³-hybridized carbons (Fsp3) is 0.917. The van der Waals surface area contributed by atoms with Crippen molar-refractivity contribution in [2.24, 2.45) is 11.8 Å². The van der Waals surface area contributed by atoms with Crippen molar-refractivity contribution in [1.29, 1.82) is 0 Å². The average Bonchev–Trinajstić information content (AvgIpc) is 2.92. The molecular formula is C12H19NO3.